The molecule has 0 saturated carbocycles. The first-order valence-electron chi connectivity index (χ1n) is 5.68. The molecular formula is C13H18N2O2. The van der Waals surface area contributed by atoms with Gasteiger partial charge >= 0.3 is 0 Å². The van der Waals surface area contributed by atoms with E-state index in [1.165, 1.54) is 0 Å². The number of aryl methyl sites for hydroxylation is 1. The third kappa shape index (κ3) is 4.78. The molecule has 2 N–H and O–H groups in total. The van der Waals surface area contributed by atoms with Crippen molar-refractivity contribution in [2.75, 3.05) is 7.05 Å². The molecule has 1 rings (SSSR count). The van der Waals surface area contributed by atoms with E-state index in [0.29, 0.717) is 12.8 Å². The van der Waals surface area contributed by atoms with Gasteiger partial charge in [0.15, 0.2) is 0 Å². The van der Waals surface area contributed by atoms with Gasteiger partial charge in [-0.15, -0.1) is 0 Å². The number of amides is 2. The van der Waals surface area contributed by atoms with Crippen molar-refractivity contribution in [3.63, 3.8) is 0 Å². The van der Waals surface area contributed by atoms with E-state index in [1.54, 1.807) is 14.0 Å². The second-order valence-electron chi connectivity index (χ2n) is 3.91. The number of benzene rings is 1. The summed E-state index contributed by atoms with van der Waals surface area (Å²) in [5.74, 6) is -0.522. The Labute approximate surface area is 101 Å². The first-order chi connectivity index (χ1) is 8.13. The Balaban J connectivity index is 2.33. The molecular weight excluding hydrogens is 216 g/mol. The van der Waals surface area contributed by atoms with Crippen molar-refractivity contribution in [1.29, 1.82) is 0 Å². The highest BCUT2D eigenvalue weighted by Gasteiger charge is 2.13. The maximum Gasteiger partial charge on any atom is 0.243 e. The molecule has 0 unspecified atom stereocenters. The van der Waals surface area contributed by atoms with E-state index >= 15 is 0 Å². The molecule has 0 heterocycles. The summed E-state index contributed by atoms with van der Waals surface area (Å²) in [7, 11) is 1.68. The predicted octanol–water partition coefficient (Wildman–Crippen LogP) is 0.870. The fraction of sp³-hybridized carbons (Fsp3) is 0.385. The molecule has 0 aliphatic rings. The number of nitrogens with one attached hydrogen (secondary N) is 2. The van der Waals surface area contributed by atoms with Crippen molar-refractivity contribution in [2.24, 2.45) is 0 Å². The van der Waals surface area contributed by atoms with Crippen molar-refractivity contribution in [3.05, 3.63) is 35.9 Å². The Morgan fingerprint density at radius 2 is 1.88 bits per heavy atom. The second kappa shape index (κ2) is 6.81. The lowest BCUT2D eigenvalue weighted by molar-refractivity contribution is -0.131. The average Bonchev–Trinajstić information content (AvgIpc) is 2.36. The lowest BCUT2D eigenvalue weighted by Gasteiger charge is -2.09. The standard InChI is InChI=1S/C13H18N2O2/c1-10(14-2)13(17)15-12(16)9-8-11-6-4-3-5-7-11/h3-7,10,14H,8-9H2,1-2H3,(H,15,16,17)/t10-/m1/s1. The van der Waals surface area contributed by atoms with Gasteiger partial charge in [-0.2, -0.15) is 0 Å². The molecule has 17 heavy (non-hydrogen) atoms. The largest absolute Gasteiger partial charge is 0.309 e. The van der Waals surface area contributed by atoms with Crippen LogP contribution in [0, 0.1) is 0 Å². The van der Waals surface area contributed by atoms with Crippen LogP contribution in [0.25, 0.3) is 0 Å². The highest BCUT2D eigenvalue weighted by atomic mass is 16.2. The van der Waals surface area contributed by atoms with Crippen molar-refractivity contribution < 1.29 is 9.59 Å². The summed E-state index contributed by atoms with van der Waals surface area (Å²) >= 11 is 0. The summed E-state index contributed by atoms with van der Waals surface area (Å²) in [6, 6.07) is 9.37. The lowest BCUT2D eigenvalue weighted by atomic mass is 10.1. The van der Waals surface area contributed by atoms with Crippen LogP contribution < -0.4 is 10.6 Å². The highest BCUT2D eigenvalue weighted by Crippen LogP contribution is 2.02. The minimum absolute atomic E-state index is 0.235. The van der Waals surface area contributed by atoms with Gasteiger partial charge in [-0.25, -0.2) is 0 Å². The molecule has 1 aromatic rings. The Kier molecular flexibility index (Phi) is 5.36. The number of rotatable bonds is 5. The molecule has 0 aliphatic carbocycles. The molecule has 4 nitrogen and oxygen atoms in total. The van der Waals surface area contributed by atoms with Crippen LogP contribution in [0.2, 0.25) is 0 Å². The molecule has 2 amide bonds. The predicted molar refractivity (Wildman–Crippen MR) is 66.4 cm³/mol. The van der Waals surface area contributed by atoms with Crippen LogP contribution in [0.5, 0.6) is 0 Å². The molecule has 1 atom stereocenters. The van der Waals surface area contributed by atoms with Crippen LogP contribution in [-0.4, -0.2) is 24.9 Å². The van der Waals surface area contributed by atoms with Crippen LogP contribution in [-0.2, 0) is 16.0 Å². The Bertz CT molecular complexity index is 376. The summed E-state index contributed by atoms with van der Waals surface area (Å²) < 4.78 is 0. The molecule has 0 radical (unpaired) electrons. The topological polar surface area (TPSA) is 58.2 Å². The molecule has 0 spiro atoms. The number of imide groups is 1. The first-order valence-corrected chi connectivity index (χ1v) is 5.68. The summed E-state index contributed by atoms with van der Waals surface area (Å²) in [4.78, 5) is 22.9. The molecule has 4 heteroatoms. The van der Waals surface area contributed by atoms with Gasteiger partial charge in [-0.05, 0) is 26.0 Å². The second-order valence-corrected chi connectivity index (χ2v) is 3.91. The smallest absolute Gasteiger partial charge is 0.243 e. The Morgan fingerprint density at radius 1 is 1.24 bits per heavy atom. The zero-order chi connectivity index (χ0) is 12.7. The van der Waals surface area contributed by atoms with E-state index in [0.717, 1.165) is 5.56 Å². The molecule has 0 aliphatic heterocycles. The van der Waals surface area contributed by atoms with Gasteiger partial charge in [0.05, 0.1) is 6.04 Å². The highest BCUT2D eigenvalue weighted by molar-refractivity contribution is 5.97. The third-order valence-electron chi connectivity index (χ3n) is 2.57. The quantitative estimate of drug-likeness (QED) is 0.794. The third-order valence-corrected chi connectivity index (χ3v) is 2.57. The van der Waals surface area contributed by atoms with E-state index in [9.17, 15) is 9.59 Å². The van der Waals surface area contributed by atoms with Crippen LogP contribution in [0.15, 0.2) is 30.3 Å². The molecule has 0 fully saturated rings. The summed E-state index contributed by atoms with van der Waals surface area (Å²) in [5, 5.41) is 5.14. The minimum Gasteiger partial charge on any atom is -0.309 e. The normalized spacial score (nSPS) is 11.9. The number of hydrogen-bond acceptors (Lipinski definition) is 3. The zero-order valence-electron chi connectivity index (χ0n) is 10.2. The molecule has 0 aromatic heterocycles. The molecule has 0 saturated heterocycles. The van der Waals surface area contributed by atoms with Crippen LogP contribution >= 0.6 is 0 Å². The number of likely N-dealkylation sites (N-methyl/N-ethyl adjacent to an activating group) is 1. The van der Waals surface area contributed by atoms with E-state index < -0.39 is 0 Å². The average molecular weight is 234 g/mol. The van der Waals surface area contributed by atoms with Gasteiger partial charge in [0.25, 0.3) is 0 Å². The van der Waals surface area contributed by atoms with Gasteiger partial charge in [-0.1, -0.05) is 30.3 Å². The Morgan fingerprint density at radius 3 is 2.47 bits per heavy atom. The number of carbonyl (C=O) groups excluding carboxylic acids is 2. The number of hydrogen-bond donors (Lipinski definition) is 2. The summed E-state index contributed by atoms with van der Waals surface area (Å²) in [6.07, 6.45) is 0.972. The van der Waals surface area contributed by atoms with Crippen molar-refractivity contribution >= 4 is 11.8 Å². The molecule has 0 bridgehead atoms. The fourth-order valence-electron chi connectivity index (χ4n) is 1.34. The van der Waals surface area contributed by atoms with Crippen molar-refractivity contribution in [3.8, 4) is 0 Å². The van der Waals surface area contributed by atoms with E-state index in [-0.39, 0.29) is 17.9 Å². The van der Waals surface area contributed by atoms with Crippen LogP contribution in [0.3, 0.4) is 0 Å². The first kappa shape index (κ1) is 13.4. The van der Waals surface area contributed by atoms with Crippen LogP contribution in [0.4, 0.5) is 0 Å². The van der Waals surface area contributed by atoms with Crippen molar-refractivity contribution in [1.82, 2.24) is 10.6 Å². The molecule has 92 valence electrons. The monoisotopic (exact) mass is 234 g/mol. The van der Waals surface area contributed by atoms with Gasteiger partial charge in [0.2, 0.25) is 11.8 Å². The Hall–Kier alpha value is -1.68. The fourth-order valence-corrected chi connectivity index (χ4v) is 1.34. The summed E-state index contributed by atoms with van der Waals surface area (Å²) in [6.45, 7) is 1.71. The van der Waals surface area contributed by atoms with Gasteiger partial charge in [0, 0.05) is 6.42 Å². The van der Waals surface area contributed by atoms with Gasteiger partial charge < -0.3 is 5.32 Å². The number of carbonyl (C=O) groups is 2. The SMILES string of the molecule is CN[C@H](C)C(=O)NC(=O)CCc1ccccc1. The lowest BCUT2D eigenvalue weighted by Crippen LogP contribution is -2.43. The van der Waals surface area contributed by atoms with E-state index in [2.05, 4.69) is 10.6 Å². The van der Waals surface area contributed by atoms with Gasteiger partial charge in [0.1, 0.15) is 0 Å². The van der Waals surface area contributed by atoms with E-state index in [1.807, 2.05) is 30.3 Å². The van der Waals surface area contributed by atoms with Gasteiger partial charge in [-0.3, -0.25) is 14.9 Å². The van der Waals surface area contributed by atoms with E-state index in [4.69, 9.17) is 0 Å². The zero-order valence-corrected chi connectivity index (χ0v) is 10.2. The van der Waals surface area contributed by atoms with Crippen LogP contribution in [0.1, 0.15) is 18.9 Å². The minimum atomic E-state index is -0.351. The maximum absolute atomic E-state index is 11.5. The molecule has 1 aromatic carbocycles. The maximum atomic E-state index is 11.5. The van der Waals surface area contributed by atoms with Crippen molar-refractivity contribution in [2.45, 2.75) is 25.8 Å². The summed E-state index contributed by atoms with van der Waals surface area (Å²) in [5.41, 5.74) is 1.09.